The molecule has 0 amide bonds. The van der Waals surface area contributed by atoms with Gasteiger partial charge in [0.15, 0.2) is 11.6 Å². The first-order valence-electron chi connectivity index (χ1n) is 7.46. The third-order valence-corrected chi connectivity index (χ3v) is 3.84. The van der Waals surface area contributed by atoms with Crippen LogP contribution in [-0.2, 0) is 0 Å². The summed E-state index contributed by atoms with van der Waals surface area (Å²) in [5.41, 5.74) is 2.01. The molecule has 0 aromatic heterocycles. The van der Waals surface area contributed by atoms with Crippen LogP contribution in [0.4, 0.5) is 0 Å². The SMILES string of the molecule is C=Cc1cc(C(=O)CC(=O)c2ccccc2)c2ccccc2c1. The molecule has 0 spiro atoms. The highest BCUT2D eigenvalue weighted by Crippen LogP contribution is 2.23. The number of benzene rings is 3. The van der Waals surface area contributed by atoms with Crippen LogP contribution < -0.4 is 0 Å². The molecular weight excluding hydrogens is 284 g/mol. The van der Waals surface area contributed by atoms with Crippen molar-refractivity contribution < 1.29 is 9.59 Å². The van der Waals surface area contributed by atoms with Crippen LogP contribution in [0.5, 0.6) is 0 Å². The van der Waals surface area contributed by atoms with Gasteiger partial charge in [0.2, 0.25) is 0 Å². The molecule has 2 heteroatoms. The van der Waals surface area contributed by atoms with Gasteiger partial charge in [-0.1, -0.05) is 67.3 Å². The monoisotopic (exact) mass is 300 g/mol. The van der Waals surface area contributed by atoms with E-state index in [1.54, 1.807) is 36.4 Å². The lowest BCUT2D eigenvalue weighted by molar-refractivity contribution is 0.0895. The first kappa shape index (κ1) is 14.9. The van der Waals surface area contributed by atoms with Gasteiger partial charge in [-0.15, -0.1) is 0 Å². The van der Waals surface area contributed by atoms with E-state index in [9.17, 15) is 9.59 Å². The highest BCUT2D eigenvalue weighted by molar-refractivity contribution is 6.18. The van der Waals surface area contributed by atoms with Gasteiger partial charge in [-0.3, -0.25) is 9.59 Å². The fourth-order valence-corrected chi connectivity index (χ4v) is 2.65. The lowest BCUT2D eigenvalue weighted by atomic mass is 9.95. The molecule has 0 radical (unpaired) electrons. The lowest BCUT2D eigenvalue weighted by Crippen LogP contribution is -2.09. The van der Waals surface area contributed by atoms with Gasteiger partial charge in [-0.05, 0) is 28.5 Å². The van der Waals surface area contributed by atoms with E-state index < -0.39 is 0 Å². The molecule has 2 nitrogen and oxygen atoms in total. The lowest BCUT2D eigenvalue weighted by Gasteiger charge is -2.08. The summed E-state index contributed by atoms with van der Waals surface area (Å²) in [7, 11) is 0. The highest BCUT2D eigenvalue weighted by atomic mass is 16.1. The Morgan fingerprint density at radius 3 is 2.30 bits per heavy atom. The highest BCUT2D eigenvalue weighted by Gasteiger charge is 2.16. The molecule has 0 saturated carbocycles. The number of hydrogen-bond acceptors (Lipinski definition) is 2. The predicted molar refractivity (Wildman–Crippen MR) is 93.8 cm³/mol. The zero-order valence-corrected chi connectivity index (χ0v) is 12.7. The topological polar surface area (TPSA) is 34.1 Å². The van der Waals surface area contributed by atoms with Gasteiger partial charge in [0, 0.05) is 11.1 Å². The number of rotatable bonds is 5. The van der Waals surface area contributed by atoms with Gasteiger partial charge in [0.05, 0.1) is 6.42 Å². The van der Waals surface area contributed by atoms with Crippen LogP contribution in [0, 0.1) is 0 Å². The van der Waals surface area contributed by atoms with E-state index in [1.807, 2.05) is 36.4 Å². The number of Topliss-reactive ketones (excluding diaryl/α,β-unsaturated/α-hetero) is 2. The normalized spacial score (nSPS) is 10.4. The van der Waals surface area contributed by atoms with E-state index in [0.717, 1.165) is 16.3 Å². The number of carbonyl (C=O) groups excluding carboxylic acids is 2. The van der Waals surface area contributed by atoms with Crippen LogP contribution in [-0.4, -0.2) is 11.6 Å². The Hall–Kier alpha value is -3.00. The zero-order chi connectivity index (χ0) is 16.2. The number of carbonyl (C=O) groups is 2. The van der Waals surface area contributed by atoms with Gasteiger partial charge in [0.1, 0.15) is 0 Å². The minimum absolute atomic E-state index is 0.130. The van der Waals surface area contributed by atoms with Crippen LogP contribution >= 0.6 is 0 Å². The smallest absolute Gasteiger partial charge is 0.171 e. The Labute approximate surface area is 135 Å². The molecular formula is C21H16O2. The number of fused-ring (bicyclic) bond motifs is 1. The fraction of sp³-hybridized carbons (Fsp3) is 0.0476. The molecule has 0 aliphatic carbocycles. The third-order valence-electron chi connectivity index (χ3n) is 3.84. The molecule has 3 aromatic rings. The Morgan fingerprint density at radius 2 is 1.57 bits per heavy atom. The fourth-order valence-electron chi connectivity index (χ4n) is 2.65. The molecule has 112 valence electrons. The van der Waals surface area contributed by atoms with E-state index in [4.69, 9.17) is 0 Å². The van der Waals surface area contributed by atoms with Crippen molar-refractivity contribution in [2.75, 3.05) is 0 Å². The van der Waals surface area contributed by atoms with Gasteiger partial charge in [0.25, 0.3) is 0 Å². The maximum atomic E-state index is 12.7. The number of hydrogen-bond donors (Lipinski definition) is 0. The van der Waals surface area contributed by atoms with Crippen LogP contribution in [0.15, 0.2) is 73.3 Å². The predicted octanol–water partition coefficient (Wildman–Crippen LogP) is 4.94. The van der Waals surface area contributed by atoms with Gasteiger partial charge in [-0.25, -0.2) is 0 Å². The Balaban J connectivity index is 1.97. The van der Waals surface area contributed by atoms with Crippen LogP contribution in [0.25, 0.3) is 16.8 Å². The summed E-state index contributed by atoms with van der Waals surface area (Å²) < 4.78 is 0. The Bertz CT molecular complexity index is 892. The van der Waals surface area contributed by atoms with Crippen molar-refractivity contribution in [2.24, 2.45) is 0 Å². The summed E-state index contributed by atoms with van der Waals surface area (Å²) >= 11 is 0. The van der Waals surface area contributed by atoms with Crippen LogP contribution in [0.2, 0.25) is 0 Å². The summed E-state index contributed by atoms with van der Waals surface area (Å²) in [5, 5.41) is 1.84. The van der Waals surface area contributed by atoms with Gasteiger partial charge >= 0.3 is 0 Å². The molecule has 0 aliphatic rings. The second-order valence-electron chi connectivity index (χ2n) is 5.38. The molecule has 0 saturated heterocycles. The van der Waals surface area contributed by atoms with Crippen molar-refractivity contribution in [3.05, 3.63) is 90.0 Å². The second-order valence-corrected chi connectivity index (χ2v) is 5.38. The average molecular weight is 300 g/mol. The summed E-state index contributed by atoms with van der Waals surface area (Å²) in [6.45, 7) is 3.77. The molecule has 0 fully saturated rings. The molecule has 0 N–H and O–H groups in total. The van der Waals surface area contributed by atoms with Crippen LogP contribution in [0.1, 0.15) is 32.7 Å². The van der Waals surface area contributed by atoms with Crippen molar-refractivity contribution in [3.8, 4) is 0 Å². The first-order chi connectivity index (χ1) is 11.2. The average Bonchev–Trinajstić information content (AvgIpc) is 2.61. The molecule has 0 aliphatic heterocycles. The van der Waals surface area contributed by atoms with Crippen molar-refractivity contribution >= 4 is 28.4 Å². The first-order valence-corrected chi connectivity index (χ1v) is 7.46. The maximum absolute atomic E-state index is 12.7. The molecule has 3 aromatic carbocycles. The van der Waals surface area contributed by atoms with Crippen molar-refractivity contribution in [3.63, 3.8) is 0 Å². The Morgan fingerprint density at radius 1 is 0.870 bits per heavy atom. The quantitative estimate of drug-likeness (QED) is 0.494. The maximum Gasteiger partial charge on any atom is 0.171 e. The molecule has 0 bridgehead atoms. The molecule has 23 heavy (non-hydrogen) atoms. The minimum Gasteiger partial charge on any atom is -0.294 e. The van der Waals surface area contributed by atoms with E-state index >= 15 is 0 Å². The van der Waals surface area contributed by atoms with E-state index in [-0.39, 0.29) is 18.0 Å². The third kappa shape index (κ3) is 3.11. The van der Waals surface area contributed by atoms with E-state index in [1.165, 1.54) is 0 Å². The standard InChI is InChI=1S/C21H16O2/c1-2-15-12-17-10-6-7-11-18(17)19(13-15)21(23)14-20(22)16-8-4-3-5-9-16/h2-13H,1,14H2. The van der Waals surface area contributed by atoms with Crippen LogP contribution in [0.3, 0.4) is 0 Å². The molecule has 0 unspecified atom stereocenters. The molecule has 3 rings (SSSR count). The molecule has 0 atom stereocenters. The summed E-state index contributed by atoms with van der Waals surface area (Å²) in [4.78, 5) is 24.9. The second kappa shape index (κ2) is 6.41. The summed E-state index contributed by atoms with van der Waals surface area (Å²) in [5.74, 6) is -0.331. The van der Waals surface area contributed by atoms with Crippen molar-refractivity contribution in [1.29, 1.82) is 0 Å². The van der Waals surface area contributed by atoms with E-state index in [2.05, 4.69) is 6.58 Å². The minimum atomic E-state index is -0.168. The van der Waals surface area contributed by atoms with Crippen molar-refractivity contribution in [2.45, 2.75) is 6.42 Å². The molecule has 0 heterocycles. The number of ketones is 2. The van der Waals surface area contributed by atoms with Gasteiger partial charge < -0.3 is 0 Å². The van der Waals surface area contributed by atoms with E-state index in [0.29, 0.717) is 11.1 Å². The summed E-state index contributed by atoms with van der Waals surface area (Å²) in [6.07, 6.45) is 1.58. The Kier molecular flexibility index (Phi) is 4.15. The largest absolute Gasteiger partial charge is 0.294 e. The van der Waals surface area contributed by atoms with Crippen molar-refractivity contribution in [1.82, 2.24) is 0 Å². The zero-order valence-electron chi connectivity index (χ0n) is 12.7. The van der Waals surface area contributed by atoms with Gasteiger partial charge in [-0.2, -0.15) is 0 Å². The summed E-state index contributed by atoms with van der Waals surface area (Å²) in [6, 6.07) is 20.4.